The number of rotatable bonds is 5. The molecule has 0 bridgehead atoms. The lowest BCUT2D eigenvalue weighted by Gasteiger charge is -2.32. The van der Waals surface area contributed by atoms with Gasteiger partial charge in [0.25, 0.3) is 5.91 Å². The lowest BCUT2D eigenvalue weighted by Crippen LogP contribution is -2.46. The summed E-state index contributed by atoms with van der Waals surface area (Å²) in [6.45, 7) is 10.1. The van der Waals surface area contributed by atoms with E-state index in [0.717, 1.165) is 11.3 Å². The Balaban J connectivity index is 1.80. The fraction of sp³-hybridized carbons (Fsp3) is 0.450. The van der Waals surface area contributed by atoms with E-state index < -0.39 is 0 Å². The third-order valence-electron chi connectivity index (χ3n) is 4.92. The summed E-state index contributed by atoms with van der Waals surface area (Å²) >= 11 is 0. The number of imidazole rings is 1. The molecule has 0 saturated carbocycles. The summed E-state index contributed by atoms with van der Waals surface area (Å²) in [5.41, 5.74) is 2.17. The molecule has 1 atom stereocenters. The van der Waals surface area contributed by atoms with Crippen molar-refractivity contribution in [1.82, 2.24) is 20.2 Å². The minimum absolute atomic E-state index is 0.0703. The molecule has 1 saturated heterocycles. The second kappa shape index (κ2) is 7.42. The Hall–Kier alpha value is -2.83. The Labute approximate surface area is 159 Å². The molecule has 27 heavy (non-hydrogen) atoms. The number of hydrogen-bond donors (Lipinski definition) is 2. The topological polar surface area (TPSA) is 79.3 Å². The number of carbonyl (C=O) groups is 2. The van der Waals surface area contributed by atoms with E-state index in [1.54, 1.807) is 29.6 Å². The first kappa shape index (κ1) is 18.9. The van der Waals surface area contributed by atoms with Crippen LogP contribution in [0, 0.1) is 12.3 Å². The predicted molar refractivity (Wildman–Crippen MR) is 105 cm³/mol. The van der Waals surface area contributed by atoms with Crippen LogP contribution in [0.2, 0.25) is 0 Å². The van der Waals surface area contributed by atoms with Crippen LogP contribution in [-0.4, -0.2) is 40.6 Å². The maximum atomic E-state index is 12.9. The van der Waals surface area contributed by atoms with Crippen LogP contribution in [0.3, 0.4) is 0 Å². The monoisotopic (exact) mass is 369 g/mol. The molecule has 1 aliphatic rings. The summed E-state index contributed by atoms with van der Waals surface area (Å²) in [6.07, 6.45) is 5.37. The highest BCUT2D eigenvalue weighted by Gasteiger charge is 2.28. The Morgan fingerprint density at radius 3 is 2.74 bits per heavy atom. The van der Waals surface area contributed by atoms with Crippen LogP contribution in [0.5, 0.6) is 0 Å². The summed E-state index contributed by atoms with van der Waals surface area (Å²) < 4.78 is 1.96. The molecule has 2 aromatic rings. The molecule has 3 amide bonds. The molecule has 0 unspecified atom stereocenters. The molecule has 144 valence electrons. The van der Waals surface area contributed by atoms with Gasteiger partial charge in [0.05, 0.1) is 12.4 Å². The van der Waals surface area contributed by atoms with Gasteiger partial charge in [0.2, 0.25) is 0 Å². The first-order valence-corrected chi connectivity index (χ1v) is 9.18. The Kier molecular flexibility index (Phi) is 5.21. The molecule has 0 radical (unpaired) electrons. The summed E-state index contributed by atoms with van der Waals surface area (Å²) in [7, 11) is 0. The summed E-state index contributed by atoms with van der Waals surface area (Å²) in [5.74, 6) is -0.143. The second-order valence-corrected chi connectivity index (χ2v) is 8.04. The van der Waals surface area contributed by atoms with Crippen LogP contribution in [0.25, 0.3) is 0 Å². The first-order valence-electron chi connectivity index (χ1n) is 9.18. The average molecular weight is 369 g/mol. The average Bonchev–Trinajstić information content (AvgIpc) is 3.25. The molecule has 0 aliphatic carbocycles. The molecule has 7 heteroatoms. The third-order valence-corrected chi connectivity index (χ3v) is 4.92. The first-order chi connectivity index (χ1) is 12.8. The number of hydrogen-bond acceptors (Lipinski definition) is 3. The largest absolute Gasteiger partial charge is 0.347 e. The van der Waals surface area contributed by atoms with Gasteiger partial charge in [0.15, 0.2) is 0 Å². The van der Waals surface area contributed by atoms with Gasteiger partial charge in [-0.25, -0.2) is 9.78 Å². The number of anilines is 1. The highest BCUT2D eigenvalue weighted by Crippen LogP contribution is 2.25. The molecule has 2 heterocycles. The van der Waals surface area contributed by atoms with E-state index in [0.29, 0.717) is 25.2 Å². The van der Waals surface area contributed by atoms with Crippen molar-refractivity contribution < 1.29 is 9.59 Å². The smallest absolute Gasteiger partial charge is 0.322 e. The van der Waals surface area contributed by atoms with E-state index in [1.165, 1.54) is 0 Å². The number of carbonyl (C=O) groups excluding carboxylic acids is 2. The highest BCUT2D eigenvalue weighted by atomic mass is 16.2. The van der Waals surface area contributed by atoms with Gasteiger partial charge in [-0.15, -0.1) is 0 Å². The SMILES string of the molecule is Cc1ccc(C(=O)N[C@H](Cn2ccnc2)C(C)(C)C)cc1N1CCNC1=O. The molecule has 3 rings (SSSR count). The van der Waals surface area contributed by atoms with E-state index in [1.807, 2.05) is 23.8 Å². The predicted octanol–water partition coefficient (Wildman–Crippen LogP) is 2.57. The van der Waals surface area contributed by atoms with Gasteiger partial charge in [-0.2, -0.15) is 0 Å². The number of nitrogens with one attached hydrogen (secondary N) is 2. The van der Waals surface area contributed by atoms with Gasteiger partial charge in [0, 0.05) is 43.3 Å². The molecule has 7 nitrogen and oxygen atoms in total. The van der Waals surface area contributed by atoms with E-state index in [-0.39, 0.29) is 23.4 Å². The number of nitrogens with zero attached hydrogens (tertiary/aromatic N) is 3. The van der Waals surface area contributed by atoms with Crippen molar-refractivity contribution in [2.24, 2.45) is 5.41 Å². The van der Waals surface area contributed by atoms with Crippen LogP contribution >= 0.6 is 0 Å². The molecule has 1 aromatic heterocycles. The fourth-order valence-electron chi connectivity index (χ4n) is 3.13. The van der Waals surface area contributed by atoms with Crippen LogP contribution < -0.4 is 15.5 Å². The normalized spacial score (nSPS) is 15.6. The van der Waals surface area contributed by atoms with Crippen LogP contribution in [0.15, 0.2) is 36.9 Å². The molecule has 2 N–H and O–H groups in total. The second-order valence-electron chi connectivity index (χ2n) is 8.04. The van der Waals surface area contributed by atoms with E-state index in [2.05, 4.69) is 36.4 Å². The molecule has 1 fully saturated rings. The number of amides is 3. The van der Waals surface area contributed by atoms with Crippen LogP contribution in [0.1, 0.15) is 36.7 Å². The van der Waals surface area contributed by atoms with E-state index in [4.69, 9.17) is 0 Å². The van der Waals surface area contributed by atoms with Crippen molar-refractivity contribution in [2.45, 2.75) is 40.3 Å². The van der Waals surface area contributed by atoms with Gasteiger partial charge < -0.3 is 15.2 Å². The van der Waals surface area contributed by atoms with Gasteiger partial charge in [-0.3, -0.25) is 9.69 Å². The lowest BCUT2D eigenvalue weighted by atomic mass is 9.86. The Bertz CT molecular complexity index is 823. The Morgan fingerprint density at radius 1 is 1.37 bits per heavy atom. The Morgan fingerprint density at radius 2 is 2.15 bits per heavy atom. The maximum Gasteiger partial charge on any atom is 0.322 e. The zero-order valence-corrected chi connectivity index (χ0v) is 16.3. The summed E-state index contributed by atoms with van der Waals surface area (Å²) in [6, 6.07) is 5.30. The van der Waals surface area contributed by atoms with Crippen molar-refractivity contribution >= 4 is 17.6 Å². The summed E-state index contributed by atoms with van der Waals surface area (Å²) in [5, 5.41) is 5.95. The lowest BCUT2D eigenvalue weighted by molar-refractivity contribution is 0.0892. The number of aryl methyl sites for hydroxylation is 1. The van der Waals surface area contributed by atoms with Crippen LogP contribution in [0.4, 0.5) is 10.5 Å². The van der Waals surface area contributed by atoms with Gasteiger partial charge in [0.1, 0.15) is 0 Å². The van der Waals surface area contributed by atoms with Crippen molar-refractivity contribution in [3.8, 4) is 0 Å². The highest BCUT2D eigenvalue weighted by molar-refractivity contribution is 5.99. The quantitative estimate of drug-likeness (QED) is 0.850. The van der Waals surface area contributed by atoms with Crippen molar-refractivity contribution in [1.29, 1.82) is 0 Å². The summed E-state index contributed by atoms with van der Waals surface area (Å²) in [4.78, 5) is 30.7. The van der Waals surface area contributed by atoms with Gasteiger partial charge >= 0.3 is 6.03 Å². The molecule has 1 aliphatic heterocycles. The zero-order chi connectivity index (χ0) is 19.6. The minimum Gasteiger partial charge on any atom is -0.347 e. The molecule has 0 spiro atoms. The molecular weight excluding hydrogens is 342 g/mol. The molecular formula is C20H27N5O2. The van der Waals surface area contributed by atoms with Crippen molar-refractivity contribution in [3.05, 3.63) is 48.0 Å². The number of benzene rings is 1. The fourth-order valence-corrected chi connectivity index (χ4v) is 3.13. The van der Waals surface area contributed by atoms with E-state index in [9.17, 15) is 9.59 Å². The van der Waals surface area contributed by atoms with Gasteiger partial charge in [-0.1, -0.05) is 26.8 Å². The molecule has 1 aromatic carbocycles. The van der Waals surface area contributed by atoms with E-state index >= 15 is 0 Å². The van der Waals surface area contributed by atoms with Crippen molar-refractivity contribution in [2.75, 3.05) is 18.0 Å². The third kappa shape index (κ3) is 4.30. The maximum absolute atomic E-state index is 12.9. The number of urea groups is 1. The number of aromatic nitrogens is 2. The minimum atomic E-state index is -0.143. The van der Waals surface area contributed by atoms with Gasteiger partial charge in [-0.05, 0) is 30.0 Å². The van der Waals surface area contributed by atoms with Crippen molar-refractivity contribution in [3.63, 3.8) is 0 Å². The zero-order valence-electron chi connectivity index (χ0n) is 16.3. The van der Waals surface area contributed by atoms with Crippen LogP contribution in [-0.2, 0) is 6.54 Å². The standard InChI is InChI=1S/C20H27N5O2/c1-14-5-6-15(11-16(14)25-10-8-22-19(25)27)18(26)23-17(20(2,3)4)12-24-9-7-21-13-24/h5-7,9,11,13,17H,8,10,12H2,1-4H3,(H,22,27)(H,23,26)/t17-/m1/s1.